The quantitative estimate of drug-likeness (QED) is 0.589. The van der Waals surface area contributed by atoms with Crippen LogP contribution >= 0.6 is 15.9 Å². The Bertz CT molecular complexity index is 1080. The molecular formula is C20H16BrNO4. The second kappa shape index (κ2) is 6.21. The highest BCUT2D eigenvalue weighted by molar-refractivity contribution is 9.10. The summed E-state index contributed by atoms with van der Waals surface area (Å²) in [5, 5.41) is 1.03. The number of allylic oxidation sites excluding steroid dienone is 1. The lowest BCUT2D eigenvalue weighted by Crippen LogP contribution is -2.00. The molecule has 0 atom stereocenters. The number of carbonyl (C=O) groups excluding carboxylic acids is 1. The van der Waals surface area contributed by atoms with Crippen LogP contribution in [0, 0.1) is 0 Å². The molecule has 26 heavy (non-hydrogen) atoms. The van der Waals surface area contributed by atoms with Crippen LogP contribution in [0.1, 0.15) is 15.9 Å². The summed E-state index contributed by atoms with van der Waals surface area (Å²) >= 11 is 3.59. The van der Waals surface area contributed by atoms with Gasteiger partial charge in [-0.05, 0) is 18.2 Å². The zero-order valence-electron chi connectivity index (χ0n) is 14.5. The fourth-order valence-electron chi connectivity index (χ4n) is 3.22. The number of methoxy groups -OCH3 is 2. The average molecular weight is 414 g/mol. The first-order valence-corrected chi connectivity index (χ1v) is 8.76. The summed E-state index contributed by atoms with van der Waals surface area (Å²) in [7, 11) is 5.05. The summed E-state index contributed by atoms with van der Waals surface area (Å²) in [5.74, 6) is 1.50. The van der Waals surface area contributed by atoms with Crippen LogP contribution in [0.15, 0.2) is 46.8 Å². The molecular weight excluding hydrogens is 398 g/mol. The highest BCUT2D eigenvalue weighted by Crippen LogP contribution is 2.42. The number of aromatic nitrogens is 1. The molecule has 1 aliphatic heterocycles. The van der Waals surface area contributed by atoms with Gasteiger partial charge in [-0.3, -0.25) is 4.79 Å². The van der Waals surface area contributed by atoms with Gasteiger partial charge in [0.05, 0.1) is 14.2 Å². The second-order valence-corrected chi connectivity index (χ2v) is 6.83. The highest BCUT2D eigenvalue weighted by Gasteiger charge is 2.32. The number of benzene rings is 2. The van der Waals surface area contributed by atoms with E-state index in [-0.39, 0.29) is 11.5 Å². The van der Waals surface area contributed by atoms with Crippen molar-refractivity contribution in [1.29, 1.82) is 0 Å². The number of hydrogen-bond acceptors (Lipinski definition) is 4. The third-order valence-electron chi connectivity index (χ3n) is 4.45. The predicted molar refractivity (Wildman–Crippen MR) is 103 cm³/mol. The van der Waals surface area contributed by atoms with Crippen molar-refractivity contribution in [1.82, 2.24) is 4.57 Å². The molecule has 2 aromatic carbocycles. The van der Waals surface area contributed by atoms with Gasteiger partial charge in [-0.1, -0.05) is 22.0 Å². The maximum Gasteiger partial charge on any atom is 0.235 e. The van der Waals surface area contributed by atoms with Gasteiger partial charge >= 0.3 is 0 Å². The number of carbonyl (C=O) groups is 1. The van der Waals surface area contributed by atoms with E-state index >= 15 is 0 Å². The molecule has 0 unspecified atom stereocenters. The molecule has 0 saturated carbocycles. The van der Waals surface area contributed by atoms with Crippen LogP contribution in [-0.4, -0.2) is 24.6 Å². The molecule has 0 fully saturated rings. The van der Waals surface area contributed by atoms with Gasteiger partial charge in [0.25, 0.3) is 0 Å². The Balaban J connectivity index is 1.85. The molecule has 4 rings (SSSR count). The Hall–Kier alpha value is -2.73. The summed E-state index contributed by atoms with van der Waals surface area (Å²) in [4.78, 5) is 12.9. The topological polar surface area (TPSA) is 49.7 Å². The highest BCUT2D eigenvalue weighted by atomic mass is 79.9. The van der Waals surface area contributed by atoms with Crippen LogP contribution in [-0.2, 0) is 7.05 Å². The van der Waals surface area contributed by atoms with Gasteiger partial charge in [0.1, 0.15) is 22.8 Å². The normalized spacial score (nSPS) is 14.6. The Morgan fingerprint density at radius 3 is 2.73 bits per heavy atom. The lowest BCUT2D eigenvalue weighted by Gasteiger charge is -2.07. The number of fused-ring (bicyclic) bond motifs is 2. The standard InChI is InChI=1S/C20H16BrNO4/c1-22-10-11(18-13(21)5-4-6-14(18)22)7-17-20(23)19-15(25-3)8-12(24-2)9-16(19)26-17/h4-10H,1-3H3/b17-7-. The number of nitrogens with zero attached hydrogens (tertiary/aromatic N) is 1. The van der Waals surface area contributed by atoms with Gasteiger partial charge in [0, 0.05) is 46.3 Å². The number of ketones is 1. The molecule has 0 aliphatic carbocycles. The molecule has 0 radical (unpaired) electrons. The third kappa shape index (κ3) is 2.49. The largest absolute Gasteiger partial charge is 0.496 e. The summed E-state index contributed by atoms with van der Waals surface area (Å²) in [6.07, 6.45) is 3.74. The van der Waals surface area contributed by atoms with Crippen LogP contribution in [0.25, 0.3) is 17.0 Å². The zero-order valence-corrected chi connectivity index (χ0v) is 16.1. The van der Waals surface area contributed by atoms with E-state index in [0.717, 1.165) is 20.9 Å². The van der Waals surface area contributed by atoms with Gasteiger partial charge in [-0.2, -0.15) is 0 Å². The van der Waals surface area contributed by atoms with Gasteiger partial charge in [-0.25, -0.2) is 0 Å². The first-order valence-electron chi connectivity index (χ1n) is 7.97. The Morgan fingerprint density at radius 2 is 2.00 bits per heavy atom. The maximum atomic E-state index is 12.9. The van der Waals surface area contributed by atoms with E-state index in [1.165, 1.54) is 7.11 Å². The summed E-state index contributed by atoms with van der Waals surface area (Å²) < 4.78 is 19.4. The lowest BCUT2D eigenvalue weighted by atomic mass is 10.1. The van der Waals surface area contributed by atoms with Crippen molar-refractivity contribution in [2.24, 2.45) is 7.05 Å². The Kier molecular flexibility index (Phi) is 4.00. The molecule has 0 saturated heterocycles. The molecule has 2 heterocycles. The molecule has 1 aromatic heterocycles. The van der Waals surface area contributed by atoms with Crippen molar-refractivity contribution in [3.8, 4) is 17.2 Å². The smallest absolute Gasteiger partial charge is 0.235 e. The van der Waals surface area contributed by atoms with E-state index in [9.17, 15) is 4.79 Å². The fraction of sp³-hybridized carbons (Fsp3) is 0.150. The lowest BCUT2D eigenvalue weighted by molar-refractivity contribution is 0.101. The van der Waals surface area contributed by atoms with E-state index in [0.29, 0.717) is 22.8 Å². The summed E-state index contributed by atoms with van der Waals surface area (Å²) in [5.41, 5.74) is 2.38. The van der Waals surface area contributed by atoms with E-state index < -0.39 is 0 Å². The van der Waals surface area contributed by atoms with Crippen LogP contribution in [0.3, 0.4) is 0 Å². The minimum atomic E-state index is -0.205. The number of aryl methyl sites for hydroxylation is 1. The minimum Gasteiger partial charge on any atom is -0.496 e. The SMILES string of the molecule is COc1cc(OC)c2c(c1)O/C(=C\c1cn(C)c3cccc(Br)c13)C2=O. The van der Waals surface area contributed by atoms with E-state index in [4.69, 9.17) is 14.2 Å². The van der Waals surface area contributed by atoms with Crippen molar-refractivity contribution in [3.05, 3.63) is 57.9 Å². The second-order valence-electron chi connectivity index (χ2n) is 5.97. The van der Waals surface area contributed by atoms with E-state index in [2.05, 4.69) is 15.9 Å². The summed E-state index contributed by atoms with van der Waals surface area (Å²) in [6, 6.07) is 9.35. The zero-order chi connectivity index (χ0) is 18.4. The maximum absolute atomic E-state index is 12.9. The minimum absolute atomic E-state index is 0.205. The average Bonchev–Trinajstić information content (AvgIpc) is 3.13. The van der Waals surface area contributed by atoms with Crippen LogP contribution in [0.2, 0.25) is 0 Å². The van der Waals surface area contributed by atoms with Crippen LogP contribution in [0.5, 0.6) is 17.2 Å². The monoisotopic (exact) mass is 413 g/mol. The van der Waals surface area contributed by atoms with E-state index in [1.807, 2.05) is 36.0 Å². The Morgan fingerprint density at radius 1 is 1.19 bits per heavy atom. The molecule has 132 valence electrons. The predicted octanol–water partition coefficient (Wildman–Crippen LogP) is 4.57. The molecule has 0 bridgehead atoms. The molecule has 5 nitrogen and oxygen atoms in total. The summed E-state index contributed by atoms with van der Waals surface area (Å²) in [6.45, 7) is 0. The van der Waals surface area contributed by atoms with Gasteiger partial charge in [0.15, 0.2) is 5.76 Å². The van der Waals surface area contributed by atoms with Crippen molar-refractivity contribution in [2.45, 2.75) is 0 Å². The number of rotatable bonds is 3. The molecule has 1 aliphatic rings. The molecule has 0 amide bonds. The van der Waals surface area contributed by atoms with E-state index in [1.54, 1.807) is 25.3 Å². The van der Waals surface area contributed by atoms with Crippen molar-refractivity contribution < 1.29 is 19.0 Å². The molecule has 6 heteroatoms. The van der Waals surface area contributed by atoms with Gasteiger partial charge in [-0.15, -0.1) is 0 Å². The molecule has 0 spiro atoms. The van der Waals surface area contributed by atoms with Crippen molar-refractivity contribution >= 4 is 38.7 Å². The first kappa shape index (κ1) is 16.7. The fourth-order valence-corrected chi connectivity index (χ4v) is 3.80. The number of Topliss-reactive ketones (excluding diaryl/α,β-unsaturated/α-hetero) is 1. The number of halogens is 1. The van der Waals surface area contributed by atoms with Gasteiger partial charge in [0.2, 0.25) is 5.78 Å². The molecule has 3 aromatic rings. The van der Waals surface area contributed by atoms with Crippen molar-refractivity contribution in [3.63, 3.8) is 0 Å². The number of ether oxygens (including phenoxy) is 3. The third-order valence-corrected chi connectivity index (χ3v) is 5.11. The van der Waals surface area contributed by atoms with Crippen LogP contribution in [0.4, 0.5) is 0 Å². The van der Waals surface area contributed by atoms with Crippen LogP contribution < -0.4 is 14.2 Å². The number of hydrogen-bond donors (Lipinski definition) is 0. The first-order chi connectivity index (χ1) is 12.5. The Labute approximate surface area is 158 Å². The molecule has 0 N–H and O–H groups in total. The van der Waals surface area contributed by atoms with Gasteiger partial charge < -0.3 is 18.8 Å². The van der Waals surface area contributed by atoms with Crippen molar-refractivity contribution in [2.75, 3.05) is 14.2 Å².